The van der Waals surface area contributed by atoms with Crippen LogP contribution in [0.2, 0.25) is 0 Å². The average molecular weight is 284 g/mol. The predicted molar refractivity (Wildman–Crippen MR) is 83.2 cm³/mol. The highest BCUT2D eigenvalue weighted by Gasteiger charge is 2.08. The zero-order valence-corrected chi connectivity index (χ0v) is 12.9. The van der Waals surface area contributed by atoms with Crippen molar-refractivity contribution in [3.8, 4) is 11.5 Å². The quantitative estimate of drug-likeness (QED) is 0.776. The van der Waals surface area contributed by atoms with Crippen LogP contribution in [0.4, 0.5) is 0 Å². The lowest BCUT2D eigenvalue weighted by atomic mass is 10.1. The number of carbonyl (C=O) groups excluding carboxylic acids is 1. The Kier molecular flexibility index (Phi) is 4.63. The molecule has 0 aliphatic heterocycles. The van der Waals surface area contributed by atoms with Crippen molar-refractivity contribution < 1.29 is 14.3 Å². The molecule has 0 aliphatic rings. The van der Waals surface area contributed by atoms with Gasteiger partial charge in [-0.2, -0.15) is 0 Å². The Bertz CT molecular complexity index is 660. The number of ketones is 1. The molecule has 0 unspecified atom stereocenters. The zero-order valence-electron chi connectivity index (χ0n) is 12.9. The molecule has 0 spiro atoms. The van der Waals surface area contributed by atoms with E-state index in [9.17, 15) is 4.79 Å². The van der Waals surface area contributed by atoms with E-state index in [0.717, 1.165) is 17.1 Å². The maximum Gasteiger partial charge on any atom is 0.159 e. The molecule has 21 heavy (non-hydrogen) atoms. The van der Waals surface area contributed by atoms with E-state index in [4.69, 9.17) is 9.47 Å². The van der Waals surface area contributed by atoms with Crippen LogP contribution in [0.15, 0.2) is 36.4 Å². The fraction of sp³-hybridized carbons (Fsp3) is 0.278. The lowest BCUT2D eigenvalue weighted by Crippen LogP contribution is -2.02. The van der Waals surface area contributed by atoms with Crippen LogP contribution in [-0.2, 0) is 6.61 Å². The summed E-state index contributed by atoms with van der Waals surface area (Å²) >= 11 is 0. The number of benzene rings is 2. The molecule has 0 bridgehead atoms. The van der Waals surface area contributed by atoms with Gasteiger partial charge in [-0.3, -0.25) is 4.79 Å². The Morgan fingerprint density at radius 2 is 1.81 bits per heavy atom. The summed E-state index contributed by atoms with van der Waals surface area (Å²) in [5.41, 5.74) is 3.95. The highest BCUT2D eigenvalue weighted by molar-refractivity contribution is 5.94. The SMILES string of the molecule is COc1ccc(C(C)=O)cc1COc1ccc(C)c(C)c1. The van der Waals surface area contributed by atoms with Crippen LogP contribution < -0.4 is 9.47 Å². The molecule has 0 atom stereocenters. The minimum Gasteiger partial charge on any atom is -0.496 e. The molecule has 0 N–H and O–H groups in total. The molecular formula is C18H20O3. The lowest BCUT2D eigenvalue weighted by Gasteiger charge is -2.12. The van der Waals surface area contributed by atoms with Crippen LogP contribution in [0.25, 0.3) is 0 Å². The van der Waals surface area contributed by atoms with E-state index in [1.165, 1.54) is 11.1 Å². The molecule has 0 aliphatic carbocycles. The maximum absolute atomic E-state index is 11.5. The van der Waals surface area contributed by atoms with Crippen LogP contribution in [0.1, 0.15) is 34.0 Å². The van der Waals surface area contributed by atoms with Crippen LogP contribution in [-0.4, -0.2) is 12.9 Å². The van der Waals surface area contributed by atoms with Gasteiger partial charge in [-0.1, -0.05) is 6.07 Å². The summed E-state index contributed by atoms with van der Waals surface area (Å²) in [5.74, 6) is 1.57. The second-order valence-electron chi connectivity index (χ2n) is 5.12. The molecular weight excluding hydrogens is 264 g/mol. The molecule has 0 saturated carbocycles. The van der Waals surface area contributed by atoms with Crippen molar-refractivity contribution in [1.29, 1.82) is 0 Å². The summed E-state index contributed by atoms with van der Waals surface area (Å²) in [5, 5.41) is 0. The third-order valence-corrected chi connectivity index (χ3v) is 3.56. The van der Waals surface area contributed by atoms with E-state index < -0.39 is 0 Å². The minimum atomic E-state index is 0.0325. The molecule has 0 heterocycles. The molecule has 2 aromatic rings. The Labute approximate surface area is 125 Å². The predicted octanol–water partition coefficient (Wildman–Crippen LogP) is 4.09. The molecule has 3 nitrogen and oxygen atoms in total. The summed E-state index contributed by atoms with van der Waals surface area (Å²) in [7, 11) is 1.61. The second-order valence-corrected chi connectivity index (χ2v) is 5.12. The van der Waals surface area contributed by atoms with Gasteiger partial charge in [0.1, 0.15) is 18.1 Å². The van der Waals surface area contributed by atoms with Crippen molar-refractivity contribution >= 4 is 5.78 Å². The third-order valence-electron chi connectivity index (χ3n) is 3.56. The van der Waals surface area contributed by atoms with Crippen LogP contribution in [0.3, 0.4) is 0 Å². The topological polar surface area (TPSA) is 35.5 Å². The van der Waals surface area contributed by atoms with Crippen molar-refractivity contribution in [2.75, 3.05) is 7.11 Å². The van der Waals surface area contributed by atoms with Crippen molar-refractivity contribution in [3.05, 3.63) is 58.7 Å². The number of Topliss-reactive ketones (excluding diaryl/α,β-unsaturated/α-hetero) is 1. The summed E-state index contributed by atoms with van der Waals surface area (Å²) < 4.78 is 11.1. The summed E-state index contributed by atoms with van der Waals surface area (Å²) in [6.07, 6.45) is 0. The molecule has 2 rings (SSSR count). The van der Waals surface area contributed by atoms with Gasteiger partial charge < -0.3 is 9.47 Å². The first-order valence-electron chi connectivity index (χ1n) is 6.89. The zero-order chi connectivity index (χ0) is 15.4. The van der Waals surface area contributed by atoms with Crippen LogP contribution in [0.5, 0.6) is 11.5 Å². The number of aryl methyl sites for hydroxylation is 2. The van der Waals surface area contributed by atoms with Crippen molar-refractivity contribution in [2.24, 2.45) is 0 Å². The summed E-state index contributed by atoms with van der Waals surface area (Å²) in [4.78, 5) is 11.5. The van der Waals surface area contributed by atoms with Crippen LogP contribution in [0, 0.1) is 13.8 Å². The molecule has 2 aromatic carbocycles. The highest BCUT2D eigenvalue weighted by Crippen LogP contribution is 2.23. The van der Waals surface area contributed by atoms with Crippen molar-refractivity contribution in [3.63, 3.8) is 0 Å². The van der Waals surface area contributed by atoms with Gasteiger partial charge in [0.05, 0.1) is 7.11 Å². The van der Waals surface area contributed by atoms with E-state index >= 15 is 0 Å². The largest absolute Gasteiger partial charge is 0.496 e. The van der Waals surface area contributed by atoms with Gasteiger partial charge in [0, 0.05) is 11.1 Å². The van der Waals surface area contributed by atoms with E-state index in [1.54, 1.807) is 26.2 Å². The minimum absolute atomic E-state index is 0.0325. The Hall–Kier alpha value is -2.29. The first-order valence-corrected chi connectivity index (χ1v) is 6.89. The Morgan fingerprint density at radius 3 is 2.43 bits per heavy atom. The molecule has 0 amide bonds. The van der Waals surface area contributed by atoms with Crippen molar-refractivity contribution in [1.82, 2.24) is 0 Å². The normalized spacial score (nSPS) is 10.3. The van der Waals surface area contributed by atoms with E-state index in [-0.39, 0.29) is 5.78 Å². The number of hydrogen-bond acceptors (Lipinski definition) is 3. The number of methoxy groups -OCH3 is 1. The van der Waals surface area contributed by atoms with Gasteiger partial charge in [-0.05, 0) is 62.2 Å². The van der Waals surface area contributed by atoms with Gasteiger partial charge in [-0.15, -0.1) is 0 Å². The molecule has 0 radical (unpaired) electrons. The van der Waals surface area contributed by atoms with Gasteiger partial charge in [-0.25, -0.2) is 0 Å². The monoisotopic (exact) mass is 284 g/mol. The lowest BCUT2D eigenvalue weighted by molar-refractivity contribution is 0.101. The Morgan fingerprint density at radius 1 is 1.05 bits per heavy atom. The fourth-order valence-corrected chi connectivity index (χ4v) is 2.08. The van der Waals surface area contributed by atoms with Crippen molar-refractivity contribution in [2.45, 2.75) is 27.4 Å². The first kappa shape index (κ1) is 15.1. The number of ether oxygens (including phenoxy) is 2. The third kappa shape index (κ3) is 3.63. The fourth-order valence-electron chi connectivity index (χ4n) is 2.08. The van der Waals surface area contributed by atoms with E-state index in [0.29, 0.717) is 12.2 Å². The van der Waals surface area contributed by atoms with Gasteiger partial charge >= 0.3 is 0 Å². The average Bonchev–Trinajstić information content (AvgIpc) is 2.48. The Balaban J connectivity index is 2.19. The molecule has 3 heteroatoms. The highest BCUT2D eigenvalue weighted by atomic mass is 16.5. The molecule has 0 fully saturated rings. The molecule has 110 valence electrons. The summed E-state index contributed by atoms with van der Waals surface area (Å²) in [6.45, 7) is 6.04. The van der Waals surface area contributed by atoms with E-state index in [2.05, 4.69) is 13.8 Å². The first-order chi connectivity index (χ1) is 10.0. The van der Waals surface area contributed by atoms with Gasteiger partial charge in [0.25, 0.3) is 0 Å². The smallest absolute Gasteiger partial charge is 0.159 e. The second kappa shape index (κ2) is 6.44. The standard InChI is InChI=1S/C18H20O3/c1-12-5-7-17(9-13(12)2)21-11-16-10-15(14(3)19)6-8-18(16)20-4/h5-10H,11H2,1-4H3. The van der Waals surface area contributed by atoms with Gasteiger partial charge in [0.15, 0.2) is 5.78 Å². The van der Waals surface area contributed by atoms with E-state index in [1.807, 2.05) is 24.3 Å². The number of rotatable bonds is 5. The van der Waals surface area contributed by atoms with Crippen LogP contribution >= 0.6 is 0 Å². The summed E-state index contributed by atoms with van der Waals surface area (Å²) in [6, 6.07) is 11.4. The molecule has 0 aromatic heterocycles. The number of hydrogen-bond donors (Lipinski definition) is 0. The maximum atomic E-state index is 11.5. The number of carbonyl (C=O) groups is 1. The van der Waals surface area contributed by atoms with Gasteiger partial charge in [0.2, 0.25) is 0 Å². The molecule has 0 saturated heterocycles.